The van der Waals surface area contributed by atoms with Gasteiger partial charge in [0.2, 0.25) is 0 Å². The first-order valence-electron chi connectivity index (χ1n) is 8.53. The standard InChI is InChI=1S/C19H19N3O7/c1-13(20-17(23)11-28-16-5-3-2-4-6-16)19(25)29-12-18(24)21-14-7-9-15(10-8-14)22(26)27/h2-10,13H,11-12H2,1H3,(H,20,23)(H,21,24)/t13-/m0/s1. The van der Waals surface area contributed by atoms with Crippen molar-refractivity contribution in [1.29, 1.82) is 0 Å². The zero-order chi connectivity index (χ0) is 21.2. The van der Waals surface area contributed by atoms with Gasteiger partial charge in [0.05, 0.1) is 4.92 Å². The smallest absolute Gasteiger partial charge is 0.328 e. The molecule has 0 aliphatic heterocycles. The average Bonchev–Trinajstić information content (AvgIpc) is 2.71. The minimum atomic E-state index is -0.978. The number of esters is 1. The molecule has 0 aromatic heterocycles. The monoisotopic (exact) mass is 401 g/mol. The average molecular weight is 401 g/mol. The second-order valence-electron chi connectivity index (χ2n) is 5.85. The Labute approximate surface area is 166 Å². The van der Waals surface area contributed by atoms with Crippen molar-refractivity contribution in [1.82, 2.24) is 5.32 Å². The molecule has 0 fully saturated rings. The van der Waals surface area contributed by atoms with E-state index in [-0.39, 0.29) is 12.3 Å². The van der Waals surface area contributed by atoms with Crippen LogP contribution in [0.15, 0.2) is 54.6 Å². The third kappa shape index (κ3) is 7.29. The van der Waals surface area contributed by atoms with Crippen LogP contribution in [0.2, 0.25) is 0 Å². The first kappa shape index (κ1) is 21.4. The van der Waals surface area contributed by atoms with Crippen molar-refractivity contribution < 1.29 is 28.8 Å². The lowest BCUT2D eigenvalue weighted by Gasteiger charge is -2.14. The van der Waals surface area contributed by atoms with E-state index in [1.165, 1.54) is 31.2 Å². The van der Waals surface area contributed by atoms with Crippen molar-refractivity contribution >= 4 is 29.2 Å². The van der Waals surface area contributed by atoms with Crippen LogP contribution in [-0.4, -0.2) is 42.0 Å². The van der Waals surface area contributed by atoms with Crippen molar-refractivity contribution in [3.05, 3.63) is 64.7 Å². The fourth-order valence-corrected chi connectivity index (χ4v) is 2.13. The lowest BCUT2D eigenvalue weighted by atomic mass is 10.3. The fourth-order valence-electron chi connectivity index (χ4n) is 2.13. The number of amides is 2. The Morgan fingerprint density at radius 1 is 1.00 bits per heavy atom. The second kappa shape index (κ2) is 10.4. The van der Waals surface area contributed by atoms with Crippen molar-refractivity contribution in [3.63, 3.8) is 0 Å². The molecule has 10 nitrogen and oxygen atoms in total. The molecular formula is C19H19N3O7. The lowest BCUT2D eigenvalue weighted by Crippen LogP contribution is -2.42. The summed E-state index contributed by atoms with van der Waals surface area (Å²) in [6.07, 6.45) is 0. The van der Waals surface area contributed by atoms with Crippen LogP contribution in [0, 0.1) is 10.1 Å². The van der Waals surface area contributed by atoms with Gasteiger partial charge in [-0.1, -0.05) is 18.2 Å². The highest BCUT2D eigenvalue weighted by Gasteiger charge is 2.18. The highest BCUT2D eigenvalue weighted by Crippen LogP contribution is 2.15. The van der Waals surface area contributed by atoms with Gasteiger partial charge < -0.3 is 20.1 Å². The van der Waals surface area contributed by atoms with E-state index in [1.807, 2.05) is 6.07 Å². The first-order chi connectivity index (χ1) is 13.8. The lowest BCUT2D eigenvalue weighted by molar-refractivity contribution is -0.384. The number of carbonyl (C=O) groups is 3. The van der Waals surface area contributed by atoms with Crippen molar-refractivity contribution in [2.75, 3.05) is 18.5 Å². The van der Waals surface area contributed by atoms with E-state index >= 15 is 0 Å². The predicted molar refractivity (Wildman–Crippen MR) is 102 cm³/mol. The van der Waals surface area contributed by atoms with Crippen molar-refractivity contribution in [2.24, 2.45) is 0 Å². The minimum absolute atomic E-state index is 0.116. The summed E-state index contributed by atoms with van der Waals surface area (Å²) in [5.41, 5.74) is 0.200. The van der Waals surface area contributed by atoms with E-state index in [4.69, 9.17) is 9.47 Å². The molecule has 0 aliphatic rings. The van der Waals surface area contributed by atoms with Gasteiger partial charge in [-0.2, -0.15) is 0 Å². The highest BCUT2D eigenvalue weighted by atomic mass is 16.6. The maximum absolute atomic E-state index is 11.9. The third-order valence-corrected chi connectivity index (χ3v) is 3.55. The van der Waals surface area contributed by atoms with Crippen molar-refractivity contribution in [2.45, 2.75) is 13.0 Å². The first-order valence-corrected chi connectivity index (χ1v) is 8.53. The van der Waals surface area contributed by atoms with E-state index < -0.39 is 35.4 Å². The molecule has 2 aromatic rings. The number of nitrogens with one attached hydrogen (secondary N) is 2. The van der Waals surface area contributed by atoms with Gasteiger partial charge in [0.1, 0.15) is 11.8 Å². The van der Waals surface area contributed by atoms with E-state index in [0.29, 0.717) is 11.4 Å². The van der Waals surface area contributed by atoms with Gasteiger partial charge in [-0.3, -0.25) is 19.7 Å². The molecule has 0 unspecified atom stereocenters. The van der Waals surface area contributed by atoms with Gasteiger partial charge >= 0.3 is 5.97 Å². The summed E-state index contributed by atoms with van der Waals surface area (Å²) >= 11 is 0. The molecule has 0 heterocycles. The van der Waals surface area contributed by atoms with Crippen LogP contribution in [0.25, 0.3) is 0 Å². The maximum atomic E-state index is 11.9. The van der Waals surface area contributed by atoms with E-state index in [0.717, 1.165) is 0 Å². The van der Waals surface area contributed by atoms with Gasteiger partial charge in [0.15, 0.2) is 13.2 Å². The molecular weight excluding hydrogens is 382 g/mol. The summed E-state index contributed by atoms with van der Waals surface area (Å²) in [5, 5.41) is 15.4. The SMILES string of the molecule is C[C@H](NC(=O)COc1ccccc1)C(=O)OCC(=O)Nc1ccc([N+](=O)[O-])cc1. The summed E-state index contributed by atoms with van der Waals surface area (Å²) in [6.45, 7) is 0.565. The number of rotatable bonds is 9. The second-order valence-corrected chi connectivity index (χ2v) is 5.85. The van der Waals surface area contributed by atoms with Gasteiger partial charge in [-0.25, -0.2) is 4.79 Å². The Balaban J connectivity index is 1.70. The van der Waals surface area contributed by atoms with E-state index in [1.54, 1.807) is 24.3 Å². The maximum Gasteiger partial charge on any atom is 0.328 e. The molecule has 2 amide bonds. The number of carbonyl (C=O) groups excluding carboxylic acids is 3. The minimum Gasteiger partial charge on any atom is -0.484 e. The Morgan fingerprint density at radius 2 is 1.66 bits per heavy atom. The Hall–Kier alpha value is -3.95. The number of para-hydroxylation sites is 1. The van der Waals surface area contributed by atoms with E-state index in [9.17, 15) is 24.5 Å². The molecule has 1 atom stereocenters. The Bertz CT molecular complexity index is 869. The molecule has 29 heavy (non-hydrogen) atoms. The fraction of sp³-hybridized carbons (Fsp3) is 0.211. The zero-order valence-corrected chi connectivity index (χ0v) is 15.5. The van der Waals surface area contributed by atoms with Crippen LogP contribution >= 0.6 is 0 Å². The molecule has 0 saturated carbocycles. The molecule has 0 spiro atoms. The van der Waals surface area contributed by atoms with Crippen LogP contribution in [-0.2, 0) is 19.1 Å². The Morgan fingerprint density at radius 3 is 2.28 bits per heavy atom. The number of non-ortho nitro benzene ring substituents is 1. The number of nitro benzene ring substituents is 1. The van der Waals surface area contributed by atoms with Crippen LogP contribution < -0.4 is 15.4 Å². The molecule has 0 radical (unpaired) electrons. The molecule has 152 valence electrons. The topological polar surface area (TPSA) is 137 Å². The molecule has 10 heteroatoms. The number of nitrogens with zero attached hydrogens (tertiary/aromatic N) is 1. The van der Waals surface area contributed by atoms with Crippen LogP contribution in [0.3, 0.4) is 0 Å². The molecule has 2 rings (SSSR count). The predicted octanol–water partition coefficient (Wildman–Crippen LogP) is 1.66. The molecule has 2 aromatic carbocycles. The van der Waals surface area contributed by atoms with Gasteiger partial charge in [0, 0.05) is 17.8 Å². The summed E-state index contributed by atoms with van der Waals surface area (Å²) in [7, 11) is 0. The number of benzene rings is 2. The Kier molecular flexibility index (Phi) is 7.66. The molecule has 0 saturated heterocycles. The largest absolute Gasteiger partial charge is 0.484 e. The summed E-state index contributed by atoms with van der Waals surface area (Å²) < 4.78 is 10.1. The molecule has 0 aliphatic carbocycles. The number of anilines is 1. The zero-order valence-electron chi connectivity index (χ0n) is 15.5. The molecule has 2 N–H and O–H groups in total. The number of hydrogen-bond acceptors (Lipinski definition) is 7. The quantitative estimate of drug-likeness (QED) is 0.370. The summed E-state index contributed by atoms with van der Waals surface area (Å²) in [6, 6.07) is 12.9. The van der Waals surface area contributed by atoms with Crippen LogP contribution in [0.4, 0.5) is 11.4 Å². The number of ether oxygens (including phenoxy) is 2. The van der Waals surface area contributed by atoms with Crippen molar-refractivity contribution in [3.8, 4) is 5.75 Å². The third-order valence-electron chi connectivity index (χ3n) is 3.55. The van der Waals surface area contributed by atoms with Crippen LogP contribution in [0.5, 0.6) is 5.75 Å². The molecule has 0 bridgehead atoms. The van der Waals surface area contributed by atoms with Crippen LogP contribution in [0.1, 0.15) is 6.92 Å². The summed E-state index contributed by atoms with van der Waals surface area (Å²) in [4.78, 5) is 45.5. The van der Waals surface area contributed by atoms with Gasteiger partial charge in [-0.15, -0.1) is 0 Å². The number of nitro groups is 1. The van der Waals surface area contributed by atoms with Gasteiger partial charge in [-0.05, 0) is 31.2 Å². The summed E-state index contributed by atoms with van der Waals surface area (Å²) in [5.74, 6) is -1.43. The normalized spacial score (nSPS) is 11.1. The van der Waals surface area contributed by atoms with Gasteiger partial charge in [0.25, 0.3) is 17.5 Å². The van der Waals surface area contributed by atoms with E-state index in [2.05, 4.69) is 10.6 Å². The number of hydrogen-bond donors (Lipinski definition) is 2. The highest BCUT2D eigenvalue weighted by molar-refractivity contribution is 5.93.